The Kier molecular flexibility index (Phi) is 7.08. The van der Waals surface area contributed by atoms with Crippen molar-refractivity contribution >= 4 is 40.7 Å². The van der Waals surface area contributed by atoms with E-state index >= 15 is 0 Å². The molecule has 1 fully saturated rings. The largest absolute Gasteiger partial charge is 0.471 e. The number of alkyl halides is 3. The number of nitrogens with zero attached hydrogens (tertiary/aromatic N) is 2. The van der Waals surface area contributed by atoms with E-state index in [0.717, 1.165) is 0 Å². The van der Waals surface area contributed by atoms with Crippen LogP contribution in [0.15, 0.2) is 48.5 Å². The van der Waals surface area contributed by atoms with Crippen LogP contribution in [0, 0.1) is 5.92 Å². The summed E-state index contributed by atoms with van der Waals surface area (Å²) in [6, 6.07) is 13.0. The summed E-state index contributed by atoms with van der Waals surface area (Å²) in [5.74, 6) is -3.09. The Morgan fingerprint density at radius 2 is 1.91 bits per heavy atom. The first-order chi connectivity index (χ1) is 15.1. The lowest BCUT2D eigenvalue weighted by molar-refractivity contribution is -0.185. The number of anilines is 2. The van der Waals surface area contributed by atoms with E-state index < -0.39 is 18.0 Å². The van der Waals surface area contributed by atoms with Crippen molar-refractivity contribution in [3.8, 4) is 0 Å². The van der Waals surface area contributed by atoms with E-state index in [2.05, 4.69) is 5.32 Å². The van der Waals surface area contributed by atoms with Crippen LogP contribution in [0.3, 0.4) is 0 Å². The lowest BCUT2D eigenvalue weighted by atomic mass is 10.1. The molecule has 0 aliphatic carbocycles. The van der Waals surface area contributed by atoms with Crippen molar-refractivity contribution in [1.82, 2.24) is 4.90 Å². The molecule has 0 radical (unpaired) electrons. The topological polar surface area (TPSA) is 69.7 Å². The molecule has 0 saturated carbocycles. The van der Waals surface area contributed by atoms with Gasteiger partial charge in [0.15, 0.2) is 0 Å². The quantitative estimate of drug-likeness (QED) is 0.690. The second kappa shape index (κ2) is 9.60. The average molecular weight is 468 g/mol. The molecule has 32 heavy (non-hydrogen) atoms. The van der Waals surface area contributed by atoms with Gasteiger partial charge in [-0.2, -0.15) is 13.2 Å². The maximum Gasteiger partial charge on any atom is 0.471 e. The monoisotopic (exact) mass is 467 g/mol. The molecule has 3 amide bonds. The second-order valence-corrected chi connectivity index (χ2v) is 7.83. The summed E-state index contributed by atoms with van der Waals surface area (Å²) in [4.78, 5) is 38.8. The van der Waals surface area contributed by atoms with Crippen molar-refractivity contribution < 1.29 is 27.6 Å². The Labute approximate surface area is 187 Å². The Morgan fingerprint density at radius 3 is 2.56 bits per heavy atom. The number of hydrogen-bond donors (Lipinski definition) is 1. The van der Waals surface area contributed by atoms with Crippen molar-refractivity contribution in [2.24, 2.45) is 5.92 Å². The van der Waals surface area contributed by atoms with Gasteiger partial charge in [-0.1, -0.05) is 29.8 Å². The van der Waals surface area contributed by atoms with Crippen molar-refractivity contribution in [1.29, 1.82) is 0 Å². The van der Waals surface area contributed by atoms with Crippen LogP contribution in [0.1, 0.15) is 18.9 Å². The van der Waals surface area contributed by atoms with E-state index in [-0.39, 0.29) is 37.9 Å². The molecule has 1 saturated heterocycles. The summed E-state index contributed by atoms with van der Waals surface area (Å²) in [7, 11) is 0. The van der Waals surface area contributed by atoms with Crippen LogP contribution in [0.25, 0.3) is 0 Å². The van der Waals surface area contributed by atoms with Crippen molar-refractivity contribution in [2.75, 3.05) is 23.3 Å². The maximum atomic E-state index is 12.7. The minimum atomic E-state index is -4.95. The van der Waals surface area contributed by atoms with Gasteiger partial charge in [0.05, 0.1) is 5.92 Å². The van der Waals surface area contributed by atoms with E-state index in [0.29, 0.717) is 26.9 Å². The highest BCUT2D eigenvalue weighted by atomic mass is 35.5. The molecule has 0 spiro atoms. The third-order valence-corrected chi connectivity index (χ3v) is 5.33. The summed E-state index contributed by atoms with van der Waals surface area (Å²) < 4.78 is 38.2. The molecule has 1 atom stereocenters. The predicted octanol–water partition coefficient (Wildman–Crippen LogP) is 4.24. The van der Waals surface area contributed by atoms with Gasteiger partial charge in [-0.3, -0.25) is 14.4 Å². The fourth-order valence-corrected chi connectivity index (χ4v) is 3.68. The van der Waals surface area contributed by atoms with Gasteiger partial charge < -0.3 is 15.1 Å². The Balaban J connectivity index is 1.66. The summed E-state index contributed by atoms with van der Waals surface area (Å²) in [6.07, 6.45) is -4.92. The average Bonchev–Trinajstić information content (AvgIpc) is 3.13. The molecule has 1 aliphatic rings. The van der Waals surface area contributed by atoms with E-state index in [9.17, 15) is 27.6 Å². The number of amides is 3. The number of carbonyl (C=O) groups excluding carboxylic acids is 3. The molecule has 2 aromatic carbocycles. The lowest BCUT2D eigenvalue weighted by Gasteiger charge is -2.22. The molecule has 0 aromatic heterocycles. The molecule has 1 N–H and O–H groups in total. The minimum absolute atomic E-state index is 0.0295. The molecule has 1 unspecified atom stereocenters. The molecular weight excluding hydrogens is 447 g/mol. The Hall–Kier alpha value is -3.07. The van der Waals surface area contributed by atoms with Crippen LogP contribution in [0.5, 0.6) is 0 Å². The number of carbonyl (C=O) groups is 3. The van der Waals surface area contributed by atoms with E-state index in [4.69, 9.17) is 11.6 Å². The molecule has 0 bridgehead atoms. The van der Waals surface area contributed by atoms with Gasteiger partial charge in [0, 0.05) is 42.5 Å². The normalized spacial score (nSPS) is 16.2. The van der Waals surface area contributed by atoms with Crippen LogP contribution in [0.4, 0.5) is 24.5 Å². The molecule has 1 aliphatic heterocycles. The third-order valence-electron chi connectivity index (χ3n) is 5.10. The summed E-state index contributed by atoms with van der Waals surface area (Å²) in [6.45, 7) is 1.29. The SMILES string of the molecule is CCN(Cc1cccc(NC(=O)C2CC(=O)N(c3cccc(Cl)c3)C2)c1)C(=O)C(F)(F)F. The summed E-state index contributed by atoms with van der Waals surface area (Å²) in [5, 5.41) is 3.19. The molecule has 170 valence electrons. The molecule has 2 aromatic rings. The number of benzene rings is 2. The van der Waals surface area contributed by atoms with Crippen LogP contribution in [-0.4, -0.2) is 41.9 Å². The lowest BCUT2D eigenvalue weighted by Crippen LogP contribution is -2.40. The number of halogens is 4. The zero-order valence-electron chi connectivity index (χ0n) is 17.2. The van der Waals surface area contributed by atoms with E-state index in [1.165, 1.54) is 17.9 Å². The van der Waals surface area contributed by atoms with Gasteiger partial charge in [-0.25, -0.2) is 0 Å². The first kappa shape index (κ1) is 23.6. The number of nitrogens with one attached hydrogen (secondary N) is 1. The molecule has 3 rings (SSSR count). The Morgan fingerprint density at radius 1 is 1.19 bits per heavy atom. The van der Waals surface area contributed by atoms with Crippen LogP contribution >= 0.6 is 11.6 Å². The predicted molar refractivity (Wildman–Crippen MR) is 114 cm³/mol. The van der Waals surface area contributed by atoms with Crippen LogP contribution < -0.4 is 10.2 Å². The maximum absolute atomic E-state index is 12.7. The van der Waals surface area contributed by atoms with E-state index in [1.807, 2.05) is 0 Å². The van der Waals surface area contributed by atoms with Gasteiger partial charge in [0.1, 0.15) is 0 Å². The second-order valence-electron chi connectivity index (χ2n) is 7.39. The zero-order chi connectivity index (χ0) is 23.5. The third kappa shape index (κ3) is 5.59. The first-order valence-corrected chi connectivity index (χ1v) is 10.3. The van der Waals surface area contributed by atoms with Crippen LogP contribution in [-0.2, 0) is 20.9 Å². The molecular formula is C22H21ClF3N3O3. The van der Waals surface area contributed by atoms with Gasteiger partial charge in [0.25, 0.3) is 0 Å². The highest BCUT2D eigenvalue weighted by molar-refractivity contribution is 6.31. The Bertz CT molecular complexity index is 1030. The number of rotatable bonds is 6. The van der Waals surface area contributed by atoms with Gasteiger partial charge >= 0.3 is 12.1 Å². The van der Waals surface area contributed by atoms with Crippen molar-refractivity contribution in [2.45, 2.75) is 26.1 Å². The molecule has 6 nitrogen and oxygen atoms in total. The van der Waals surface area contributed by atoms with E-state index in [1.54, 1.807) is 42.5 Å². The van der Waals surface area contributed by atoms with Crippen molar-refractivity contribution in [3.05, 3.63) is 59.1 Å². The molecule has 10 heteroatoms. The zero-order valence-corrected chi connectivity index (χ0v) is 17.9. The van der Waals surface area contributed by atoms with Gasteiger partial charge in [-0.05, 0) is 42.8 Å². The summed E-state index contributed by atoms with van der Waals surface area (Å²) >= 11 is 5.98. The summed E-state index contributed by atoms with van der Waals surface area (Å²) in [5.41, 5.74) is 1.41. The standard InChI is InChI=1S/C22H21ClF3N3O3/c1-2-28(21(32)22(24,25)26)12-14-5-3-7-17(9-14)27-20(31)15-10-19(30)29(13-15)18-8-4-6-16(23)11-18/h3-9,11,15H,2,10,12-13H2,1H3,(H,27,31). The van der Waals surface area contributed by atoms with Crippen molar-refractivity contribution in [3.63, 3.8) is 0 Å². The number of hydrogen-bond acceptors (Lipinski definition) is 3. The smallest absolute Gasteiger partial charge is 0.331 e. The van der Waals surface area contributed by atoms with Crippen LogP contribution in [0.2, 0.25) is 5.02 Å². The minimum Gasteiger partial charge on any atom is -0.331 e. The fourth-order valence-electron chi connectivity index (χ4n) is 3.50. The highest BCUT2D eigenvalue weighted by Crippen LogP contribution is 2.28. The highest BCUT2D eigenvalue weighted by Gasteiger charge is 2.42. The first-order valence-electron chi connectivity index (χ1n) is 9.90. The molecule has 1 heterocycles. The van der Waals surface area contributed by atoms with Gasteiger partial charge in [-0.15, -0.1) is 0 Å². The van der Waals surface area contributed by atoms with Gasteiger partial charge in [0.2, 0.25) is 11.8 Å². The fraction of sp³-hybridized carbons (Fsp3) is 0.318.